The Labute approximate surface area is 111 Å². The zero-order chi connectivity index (χ0) is 13.2. The van der Waals surface area contributed by atoms with Crippen LogP contribution in [0.4, 0.5) is 0 Å². The summed E-state index contributed by atoms with van der Waals surface area (Å²) in [6, 6.07) is 4.56. The fraction of sp³-hybridized carbons (Fsp3) is 0.462. The zero-order valence-corrected chi connectivity index (χ0v) is 10.9. The number of nitriles is 1. The largest absolute Gasteiger partial charge is 0.295 e. The van der Waals surface area contributed by atoms with Gasteiger partial charge in [0.05, 0.1) is 23.5 Å². The molecule has 2 aromatic heterocycles. The Morgan fingerprint density at radius 2 is 2.47 bits per heavy atom. The molecule has 1 atom stereocenters. The number of aryl methyl sites for hydroxylation is 1. The van der Waals surface area contributed by atoms with Crippen LogP contribution in [0.25, 0.3) is 0 Å². The van der Waals surface area contributed by atoms with Gasteiger partial charge >= 0.3 is 0 Å². The average Bonchev–Trinajstić information content (AvgIpc) is 3.10. The first-order valence-electron chi connectivity index (χ1n) is 6.42. The molecule has 6 nitrogen and oxygen atoms in total. The van der Waals surface area contributed by atoms with Crippen molar-refractivity contribution in [2.75, 3.05) is 13.1 Å². The average molecular weight is 256 g/mol. The van der Waals surface area contributed by atoms with E-state index in [1.165, 1.54) is 0 Å². The SMILES string of the molecule is Cc1cc(CN2CCC(n3cc(C#N)cn3)C2)n[nH]1. The minimum Gasteiger partial charge on any atom is -0.295 e. The second-order valence-electron chi connectivity index (χ2n) is 5.04. The van der Waals surface area contributed by atoms with Crippen LogP contribution in [0.1, 0.15) is 29.4 Å². The molecule has 1 aliphatic rings. The second kappa shape index (κ2) is 4.86. The van der Waals surface area contributed by atoms with Gasteiger partial charge < -0.3 is 0 Å². The van der Waals surface area contributed by atoms with Gasteiger partial charge in [0.15, 0.2) is 0 Å². The molecule has 1 fully saturated rings. The van der Waals surface area contributed by atoms with Gasteiger partial charge in [0, 0.05) is 31.5 Å². The normalized spacial score (nSPS) is 19.7. The molecule has 1 N–H and O–H groups in total. The number of likely N-dealkylation sites (tertiary alicyclic amines) is 1. The Balaban J connectivity index is 1.62. The summed E-state index contributed by atoms with van der Waals surface area (Å²) in [4.78, 5) is 2.37. The molecule has 1 saturated heterocycles. The highest BCUT2D eigenvalue weighted by Crippen LogP contribution is 2.22. The van der Waals surface area contributed by atoms with Crippen LogP contribution in [0.15, 0.2) is 18.5 Å². The molecule has 0 amide bonds. The molecular weight excluding hydrogens is 240 g/mol. The van der Waals surface area contributed by atoms with E-state index in [9.17, 15) is 0 Å². The molecule has 19 heavy (non-hydrogen) atoms. The van der Waals surface area contributed by atoms with E-state index >= 15 is 0 Å². The topological polar surface area (TPSA) is 73.5 Å². The minimum absolute atomic E-state index is 0.363. The fourth-order valence-corrected chi connectivity index (χ4v) is 2.55. The Morgan fingerprint density at radius 1 is 1.58 bits per heavy atom. The molecule has 0 saturated carbocycles. The number of rotatable bonds is 3. The molecule has 6 heteroatoms. The summed E-state index contributed by atoms with van der Waals surface area (Å²) in [7, 11) is 0. The van der Waals surface area contributed by atoms with E-state index in [4.69, 9.17) is 5.26 Å². The lowest BCUT2D eigenvalue weighted by atomic mass is 10.3. The summed E-state index contributed by atoms with van der Waals surface area (Å²) in [5.74, 6) is 0. The molecule has 2 aromatic rings. The molecular formula is C13H16N6. The smallest absolute Gasteiger partial charge is 0.102 e. The van der Waals surface area contributed by atoms with Gasteiger partial charge in [0.1, 0.15) is 6.07 Å². The highest BCUT2D eigenvalue weighted by Gasteiger charge is 2.24. The first-order valence-corrected chi connectivity index (χ1v) is 6.42. The van der Waals surface area contributed by atoms with E-state index in [1.807, 2.05) is 17.8 Å². The zero-order valence-electron chi connectivity index (χ0n) is 10.9. The third kappa shape index (κ3) is 2.51. The second-order valence-corrected chi connectivity index (χ2v) is 5.04. The van der Waals surface area contributed by atoms with Crippen molar-refractivity contribution in [3.05, 3.63) is 35.4 Å². The molecule has 0 bridgehead atoms. The van der Waals surface area contributed by atoms with Gasteiger partial charge in [0.2, 0.25) is 0 Å². The van der Waals surface area contributed by atoms with Crippen molar-refractivity contribution in [2.24, 2.45) is 0 Å². The maximum absolute atomic E-state index is 8.82. The minimum atomic E-state index is 0.363. The van der Waals surface area contributed by atoms with Crippen molar-refractivity contribution in [1.29, 1.82) is 5.26 Å². The Bertz CT molecular complexity index is 605. The standard InChI is InChI=1S/C13H16N6/c1-10-4-12(17-16-10)8-18-3-2-13(9-18)19-7-11(5-14)6-15-19/h4,6-7,13H,2-3,8-9H2,1H3,(H,16,17). The predicted molar refractivity (Wildman–Crippen MR) is 69.2 cm³/mol. The fourth-order valence-electron chi connectivity index (χ4n) is 2.55. The summed E-state index contributed by atoms with van der Waals surface area (Å²) >= 11 is 0. The molecule has 3 heterocycles. The van der Waals surface area contributed by atoms with Crippen molar-refractivity contribution in [1.82, 2.24) is 24.9 Å². The first-order chi connectivity index (χ1) is 9.24. The van der Waals surface area contributed by atoms with Gasteiger partial charge in [-0.05, 0) is 19.4 Å². The highest BCUT2D eigenvalue weighted by atomic mass is 15.3. The van der Waals surface area contributed by atoms with Crippen molar-refractivity contribution in [3.8, 4) is 6.07 Å². The van der Waals surface area contributed by atoms with Gasteiger partial charge in [-0.3, -0.25) is 14.7 Å². The van der Waals surface area contributed by atoms with E-state index in [1.54, 1.807) is 6.20 Å². The molecule has 1 aliphatic heterocycles. The number of aromatic amines is 1. The molecule has 1 unspecified atom stereocenters. The first kappa shape index (κ1) is 11.9. The highest BCUT2D eigenvalue weighted by molar-refractivity contribution is 5.22. The van der Waals surface area contributed by atoms with Crippen LogP contribution in [-0.2, 0) is 6.54 Å². The van der Waals surface area contributed by atoms with Gasteiger partial charge in [-0.15, -0.1) is 0 Å². The summed E-state index contributed by atoms with van der Waals surface area (Å²) < 4.78 is 1.91. The lowest BCUT2D eigenvalue weighted by Gasteiger charge is -2.14. The van der Waals surface area contributed by atoms with Crippen molar-refractivity contribution in [2.45, 2.75) is 25.9 Å². The lowest BCUT2D eigenvalue weighted by Crippen LogP contribution is -2.21. The van der Waals surface area contributed by atoms with Crippen LogP contribution >= 0.6 is 0 Å². The number of H-pyrrole nitrogens is 1. The predicted octanol–water partition coefficient (Wildman–Crippen LogP) is 1.23. The Hall–Kier alpha value is -2.13. The number of aromatic nitrogens is 4. The number of hydrogen-bond donors (Lipinski definition) is 1. The maximum atomic E-state index is 8.82. The van der Waals surface area contributed by atoms with Crippen LogP contribution in [0.5, 0.6) is 0 Å². The molecule has 0 spiro atoms. The van der Waals surface area contributed by atoms with Crippen LogP contribution in [0.3, 0.4) is 0 Å². The molecule has 0 aliphatic carbocycles. The Morgan fingerprint density at radius 3 is 3.16 bits per heavy atom. The monoisotopic (exact) mass is 256 g/mol. The van der Waals surface area contributed by atoms with Crippen LogP contribution in [0, 0.1) is 18.3 Å². The van der Waals surface area contributed by atoms with E-state index in [0.717, 1.165) is 37.4 Å². The van der Waals surface area contributed by atoms with E-state index in [2.05, 4.69) is 32.3 Å². The van der Waals surface area contributed by atoms with Crippen LogP contribution in [-0.4, -0.2) is 38.0 Å². The molecule has 0 radical (unpaired) electrons. The third-order valence-electron chi connectivity index (χ3n) is 3.50. The summed E-state index contributed by atoms with van der Waals surface area (Å²) in [5.41, 5.74) is 2.80. The van der Waals surface area contributed by atoms with Crippen molar-refractivity contribution < 1.29 is 0 Å². The number of hydrogen-bond acceptors (Lipinski definition) is 4. The quantitative estimate of drug-likeness (QED) is 0.896. The summed E-state index contributed by atoms with van der Waals surface area (Å²) in [6.07, 6.45) is 4.52. The van der Waals surface area contributed by atoms with Crippen molar-refractivity contribution in [3.63, 3.8) is 0 Å². The van der Waals surface area contributed by atoms with E-state index in [-0.39, 0.29) is 0 Å². The van der Waals surface area contributed by atoms with Gasteiger partial charge in [-0.2, -0.15) is 15.5 Å². The van der Waals surface area contributed by atoms with Crippen LogP contribution < -0.4 is 0 Å². The number of nitrogens with zero attached hydrogens (tertiary/aromatic N) is 5. The third-order valence-corrected chi connectivity index (χ3v) is 3.50. The molecule has 0 aromatic carbocycles. The molecule has 3 rings (SSSR count). The lowest BCUT2D eigenvalue weighted by molar-refractivity contribution is 0.308. The van der Waals surface area contributed by atoms with E-state index in [0.29, 0.717) is 11.6 Å². The van der Waals surface area contributed by atoms with Gasteiger partial charge in [0.25, 0.3) is 0 Å². The van der Waals surface area contributed by atoms with Gasteiger partial charge in [-0.1, -0.05) is 0 Å². The summed E-state index contributed by atoms with van der Waals surface area (Å²) in [5, 5.41) is 20.3. The van der Waals surface area contributed by atoms with Gasteiger partial charge in [-0.25, -0.2) is 0 Å². The van der Waals surface area contributed by atoms with E-state index < -0.39 is 0 Å². The maximum Gasteiger partial charge on any atom is 0.102 e. The number of nitrogens with one attached hydrogen (secondary N) is 1. The molecule has 98 valence electrons. The Kier molecular flexibility index (Phi) is 3.05. The summed E-state index contributed by atoms with van der Waals surface area (Å²) in [6.45, 7) is 4.88. The van der Waals surface area contributed by atoms with Crippen molar-refractivity contribution >= 4 is 0 Å². The van der Waals surface area contributed by atoms with Crippen LogP contribution in [0.2, 0.25) is 0 Å².